The summed E-state index contributed by atoms with van der Waals surface area (Å²) in [4.78, 5) is 4.21. The third-order valence-electron chi connectivity index (χ3n) is 6.16. The molecule has 0 bridgehead atoms. The summed E-state index contributed by atoms with van der Waals surface area (Å²) >= 11 is 0. The Morgan fingerprint density at radius 2 is 1.68 bits per heavy atom. The zero-order chi connectivity index (χ0) is 26.4. The maximum atomic E-state index is 14.5. The summed E-state index contributed by atoms with van der Waals surface area (Å²) in [7, 11) is 1.50. The van der Waals surface area contributed by atoms with Crippen LogP contribution in [-0.4, -0.2) is 31.4 Å². The van der Waals surface area contributed by atoms with Crippen LogP contribution in [0.1, 0.15) is 36.2 Å². The first-order valence-electron chi connectivity index (χ1n) is 11.2. The van der Waals surface area contributed by atoms with Crippen LogP contribution in [0.4, 0.5) is 22.0 Å². The van der Waals surface area contributed by atoms with Gasteiger partial charge in [-0.1, -0.05) is 6.07 Å². The molecule has 0 spiro atoms. The first kappa shape index (κ1) is 24.4. The second kappa shape index (κ2) is 9.30. The van der Waals surface area contributed by atoms with Crippen LogP contribution in [-0.2, 0) is 0 Å². The molecule has 0 amide bonds. The van der Waals surface area contributed by atoms with E-state index in [1.807, 2.05) is 13.1 Å². The van der Waals surface area contributed by atoms with Crippen molar-refractivity contribution < 1.29 is 26.7 Å². The van der Waals surface area contributed by atoms with Crippen molar-refractivity contribution in [2.24, 2.45) is 0 Å². The van der Waals surface area contributed by atoms with Gasteiger partial charge in [0.25, 0.3) is 6.43 Å². The van der Waals surface area contributed by atoms with E-state index >= 15 is 0 Å². The van der Waals surface area contributed by atoms with Crippen LogP contribution in [0.2, 0.25) is 0 Å². The minimum atomic E-state index is -2.88. The van der Waals surface area contributed by atoms with Crippen LogP contribution in [0.15, 0.2) is 55.1 Å². The predicted molar refractivity (Wildman–Crippen MR) is 126 cm³/mol. The third-order valence-corrected chi connectivity index (χ3v) is 6.16. The Morgan fingerprint density at radius 1 is 0.946 bits per heavy atom. The van der Waals surface area contributed by atoms with Gasteiger partial charge in [-0.3, -0.25) is 0 Å². The molecule has 0 saturated heterocycles. The molecule has 1 atom stereocenters. The summed E-state index contributed by atoms with van der Waals surface area (Å²) in [6, 6.07) is 6.40. The summed E-state index contributed by atoms with van der Waals surface area (Å²) < 4.78 is 78.8. The predicted octanol–water partition coefficient (Wildman–Crippen LogP) is 6.52. The van der Waals surface area contributed by atoms with Crippen LogP contribution in [0.25, 0.3) is 28.3 Å². The van der Waals surface area contributed by atoms with Crippen LogP contribution in [0.5, 0.6) is 5.75 Å². The number of nitrogens with zero attached hydrogens (tertiary/aromatic N) is 5. The lowest BCUT2D eigenvalue weighted by Crippen LogP contribution is -2.15. The number of imidazole rings is 1. The number of ether oxygens (including phenoxy) is 1. The van der Waals surface area contributed by atoms with E-state index in [0.29, 0.717) is 29.1 Å². The molecular formula is C26H20F5N5O. The van der Waals surface area contributed by atoms with E-state index in [2.05, 4.69) is 15.2 Å². The van der Waals surface area contributed by atoms with Crippen molar-refractivity contribution in [1.29, 1.82) is 0 Å². The first-order chi connectivity index (χ1) is 17.7. The molecule has 3 aromatic rings. The number of aryl methyl sites for hydroxylation is 1. The van der Waals surface area contributed by atoms with E-state index in [1.54, 1.807) is 29.1 Å². The van der Waals surface area contributed by atoms with Gasteiger partial charge >= 0.3 is 0 Å². The van der Waals surface area contributed by atoms with Crippen molar-refractivity contribution >= 4 is 0 Å². The average Bonchev–Trinajstić information content (AvgIpc) is 3.48. The van der Waals surface area contributed by atoms with Gasteiger partial charge in [-0.25, -0.2) is 26.9 Å². The molecule has 1 aromatic heterocycles. The molecule has 5 rings (SSSR count). The normalized spacial score (nSPS) is 12.5. The van der Waals surface area contributed by atoms with Crippen LogP contribution >= 0.6 is 0 Å². The molecule has 2 aliphatic heterocycles. The minimum absolute atomic E-state index is 0.128. The second-order valence-corrected chi connectivity index (χ2v) is 8.54. The van der Waals surface area contributed by atoms with Crippen molar-refractivity contribution in [2.45, 2.75) is 26.3 Å². The lowest BCUT2D eigenvalue weighted by Gasteiger charge is -2.22. The van der Waals surface area contributed by atoms with Crippen molar-refractivity contribution in [1.82, 2.24) is 24.3 Å². The molecule has 0 radical (unpaired) electrons. The highest BCUT2D eigenvalue weighted by Gasteiger charge is 2.27. The number of pyridine rings is 1. The third kappa shape index (κ3) is 4.30. The Morgan fingerprint density at radius 3 is 2.30 bits per heavy atom. The topological polar surface area (TPSA) is 57.8 Å². The molecule has 0 N–H and O–H groups in total. The van der Waals surface area contributed by atoms with Crippen LogP contribution < -0.4 is 4.74 Å². The van der Waals surface area contributed by atoms with Gasteiger partial charge in [-0.05, 0) is 32.0 Å². The molecule has 6 nitrogen and oxygen atoms in total. The van der Waals surface area contributed by atoms with E-state index in [0.717, 1.165) is 11.9 Å². The summed E-state index contributed by atoms with van der Waals surface area (Å²) in [6.45, 7) is 3.26. The number of fused-ring (bicyclic) bond motifs is 1. The first-order valence-corrected chi connectivity index (χ1v) is 11.2. The highest BCUT2D eigenvalue weighted by Crippen LogP contribution is 2.39. The van der Waals surface area contributed by atoms with Gasteiger partial charge in [0.05, 0.1) is 30.9 Å². The van der Waals surface area contributed by atoms with Gasteiger partial charge in [0.2, 0.25) is 0 Å². The smallest absolute Gasteiger partial charge is 0.265 e. The zero-order valence-corrected chi connectivity index (χ0v) is 19.9. The molecule has 0 fully saturated rings. The number of benzene rings is 2. The van der Waals surface area contributed by atoms with E-state index in [-0.39, 0.29) is 17.1 Å². The van der Waals surface area contributed by atoms with E-state index in [4.69, 9.17) is 4.74 Å². The Kier molecular flexibility index (Phi) is 6.14. The fourth-order valence-corrected chi connectivity index (χ4v) is 4.37. The van der Waals surface area contributed by atoms with Gasteiger partial charge in [0.1, 0.15) is 28.9 Å². The number of hydrogen-bond acceptors (Lipinski definition) is 4. The van der Waals surface area contributed by atoms with E-state index < -0.39 is 41.0 Å². The zero-order valence-electron chi connectivity index (χ0n) is 19.9. The van der Waals surface area contributed by atoms with E-state index in [1.165, 1.54) is 24.7 Å². The fourth-order valence-electron chi connectivity index (χ4n) is 4.37. The van der Waals surface area contributed by atoms with Crippen molar-refractivity contribution in [2.75, 3.05) is 7.11 Å². The minimum Gasteiger partial charge on any atom is -0.495 e. The van der Waals surface area contributed by atoms with Crippen molar-refractivity contribution in [3.05, 3.63) is 89.4 Å². The Labute approximate surface area is 208 Å². The number of halogens is 5. The Bertz CT molecular complexity index is 1550. The fraction of sp³-hybridized carbons (Fsp3) is 0.192. The molecule has 190 valence electrons. The SMILES string of the molecule is COc1cc(-c2nnc3n(C(C)c4c(F)cc(F)cc4F)cc(C(F)F)cc2-3)ccc1-n1cnc(C)c1. The maximum absolute atomic E-state index is 14.5. The number of rotatable bonds is 6. The van der Waals surface area contributed by atoms with Gasteiger partial charge < -0.3 is 13.9 Å². The highest BCUT2D eigenvalue weighted by molar-refractivity contribution is 5.80. The van der Waals surface area contributed by atoms with Crippen molar-refractivity contribution in [3.63, 3.8) is 0 Å². The summed E-state index contributed by atoms with van der Waals surface area (Å²) in [5.41, 5.74) is 1.71. The lowest BCUT2D eigenvalue weighted by atomic mass is 10.0. The molecule has 1 unspecified atom stereocenters. The molecule has 2 aromatic carbocycles. The van der Waals surface area contributed by atoms with Gasteiger partial charge in [0.15, 0.2) is 5.82 Å². The van der Waals surface area contributed by atoms with Crippen LogP contribution in [0, 0.1) is 24.4 Å². The van der Waals surface area contributed by atoms with Gasteiger partial charge in [0, 0.05) is 46.8 Å². The lowest BCUT2D eigenvalue weighted by molar-refractivity contribution is 0.150. The largest absolute Gasteiger partial charge is 0.495 e. The molecule has 3 heterocycles. The number of methoxy groups -OCH3 is 1. The van der Waals surface area contributed by atoms with E-state index in [9.17, 15) is 22.0 Å². The summed E-state index contributed by atoms with van der Waals surface area (Å²) in [6.07, 6.45) is 1.65. The molecule has 0 saturated carbocycles. The standard InChI is InChI=1S/C26H20F5N5O/c1-13-10-35(12-32-13)21-5-4-15(7-22(21)37-3)24-18-6-16(25(30)31)11-36(26(18)34-33-24)14(2)23-19(28)8-17(27)9-20(23)29/h4-12,14,25H,1-3H3. The van der Waals surface area contributed by atoms with Crippen LogP contribution in [0.3, 0.4) is 0 Å². The molecule has 37 heavy (non-hydrogen) atoms. The quantitative estimate of drug-likeness (QED) is 0.243. The molecule has 11 heteroatoms. The molecule has 2 aliphatic rings. The molecule has 0 aliphatic carbocycles. The monoisotopic (exact) mass is 513 g/mol. The number of aromatic nitrogens is 5. The molecular weight excluding hydrogens is 493 g/mol. The highest BCUT2D eigenvalue weighted by atomic mass is 19.3. The maximum Gasteiger partial charge on any atom is 0.265 e. The van der Waals surface area contributed by atoms with Crippen molar-refractivity contribution in [3.8, 4) is 34.1 Å². The summed E-state index contributed by atoms with van der Waals surface area (Å²) in [5.74, 6) is -2.75. The van der Waals surface area contributed by atoms with Gasteiger partial charge in [-0.15, -0.1) is 10.2 Å². The summed E-state index contributed by atoms with van der Waals surface area (Å²) in [5, 5.41) is 8.36. The number of hydrogen-bond donors (Lipinski definition) is 0. The van der Waals surface area contributed by atoms with Gasteiger partial charge in [-0.2, -0.15) is 0 Å². The number of alkyl halides is 2. The Hall–Kier alpha value is -4.28. The average molecular weight is 513 g/mol. The Balaban J connectivity index is 1.64. The second-order valence-electron chi connectivity index (χ2n) is 8.54.